The van der Waals surface area contributed by atoms with Crippen LogP contribution in [-0.2, 0) is 5.54 Å². The van der Waals surface area contributed by atoms with Gasteiger partial charge in [-0.1, -0.05) is 124 Å². The number of aliphatic hydroxyl groups is 1. The Bertz CT molecular complexity index is 1230. The van der Waals surface area contributed by atoms with Crippen LogP contribution in [-0.4, -0.2) is 49.0 Å². The van der Waals surface area contributed by atoms with Crippen molar-refractivity contribution >= 4 is 0 Å². The molecule has 0 spiro atoms. The molecule has 4 aromatic rings. The number of nitrogens with two attached hydrogens (primary N) is 1. The molecule has 0 amide bonds. The molecule has 4 rings (SSSR count). The van der Waals surface area contributed by atoms with Gasteiger partial charge in [0.05, 0.1) is 12.6 Å². The van der Waals surface area contributed by atoms with Crippen molar-refractivity contribution in [3.8, 4) is 11.5 Å². The van der Waals surface area contributed by atoms with E-state index >= 15 is 0 Å². The number of benzene rings is 4. The summed E-state index contributed by atoms with van der Waals surface area (Å²) < 4.78 is 11.6. The highest BCUT2D eigenvalue weighted by Gasteiger charge is 2.46. The Morgan fingerprint density at radius 1 is 0.714 bits per heavy atom. The van der Waals surface area contributed by atoms with Crippen LogP contribution in [0.1, 0.15) is 43.9 Å². The number of para-hydroxylation sites is 2. The van der Waals surface area contributed by atoms with Crippen molar-refractivity contribution in [1.29, 1.82) is 0 Å². The Labute approximate surface area is 251 Å². The first kappa shape index (κ1) is 31.3. The largest absolute Gasteiger partial charge is 0.493 e. The SMILES string of the molecule is COc1ccccc1OCC(O)CN(C(CC(C)CN)C(C)C)C(c1ccccc1)(c1ccccc1)c1ccccc1. The quantitative estimate of drug-likeness (QED) is 0.156. The van der Waals surface area contributed by atoms with Gasteiger partial charge in [0.2, 0.25) is 0 Å². The van der Waals surface area contributed by atoms with Gasteiger partial charge in [-0.2, -0.15) is 0 Å². The zero-order valence-corrected chi connectivity index (χ0v) is 25.4. The molecule has 3 atom stereocenters. The van der Waals surface area contributed by atoms with E-state index in [1.165, 1.54) is 0 Å². The van der Waals surface area contributed by atoms with E-state index in [2.05, 4.69) is 117 Å². The van der Waals surface area contributed by atoms with Gasteiger partial charge in [0.25, 0.3) is 0 Å². The number of ether oxygens (including phenoxy) is 2. The topological polar surface area (TPSA) is 68.0 Å². The second kappa shape index (κ2) is 15.0. The van der Waals surface area contributed by atoms with Gasteiger partial charge < -0.3 is 20.3 Å². The van der Waals surface area contributed by atoms with Crippen LogP contribution in [0.4, 0.5) is 0 Å². The van der Waals surface area contributed by atoms with Crippen molar-refractivity contribution in [2.24, 2.45) is 17.6 Å². The van der Waals surface area contributed by atoms with Crippen molar-refractivity contribution in [3.63, 3.8) is 0 Å². The molecule has 0 fully saturated rings. The first-order valence-electron chi connectivity index (χ1n) is 15.0. The minimum absolute atomic E-state index is 0.102. The van der Waals surface area contributed by atoms with Gasteiger partial charge in [-0.15, -0.1) is 0 Å². The first-order valence-corrected chi connectivity index (χ1v) is 15.0. The highest BCUT2D eigenvalue weighted by atomic mass is 16.5. The molecule has 0 saturated carbocycles. The summed E-state index contributed by atoms with van der Waals surface area (Å²) in [6, 6.07) is 39.6. The molecule has 5 nitrogen and oxygen atoms in total. The summed E-state index contributed by atoms with van der Waals surface area (Å²) in [6.07, 6.45) is 0.113. The molecule has 3 N–H and O–H groups in total. The zero-order chi connectivity index (χ0) is 30.0. The zero-order valence-electron chi connectivity index (χ0n) is 25.4. The molecule has 0 saturated heterocycles. The van der Waals surface area contributed by atoms with Crippen LogP contribution in [0.3, 0.4) is 0 Å². The summed E-state index contributed by atoms with van der Waals surface area (Å²) in [4.78, 5) is 2.51. The lowest BCUT2D eigenvalue weighted by Gasteiger charge is -2.51. The van der Waals surface area contributed by atoms with E-state index in [9.17, 15) is 5.11 Å². The fourth-order valence-electron chi connectivity index (χ4n) is 6.03. The summed E-state index contributed by atoms with van der Waals surface area (Å²) in [5, 5.41) is 11.7. The summed E-state index contributed by atoms with van der Waals surface area (Å²) in [5.74, 6) is 1.85. The Kier molecular flexibility index (Phi) is 11.2. The van der Waals surface area contributed by atoms with Crippen molar-refractivity contribution in [1.82, 2.24) is 4.90 Å². The molecule has 0 heterocycles. The van der Waals surface area contributed by atoms with Gasteiger partial charge in [0.15, 0.2) is 11.5 Å². The third-order valence-electron chi connectivity index (χ3n) is 8.13. The smallest absolute Gasteiger partial charge is 0.161 e. The molecular formula is C37H46N2O3. The average Bonchev–Trinajstić information content (AvgIpc) is 3.04. The number of aliphatic hydroxyl groups excluding tert-OH is 1. The van der Waals surface area contributed by atoms with E-state index in [0.29, 0.717) is 30.5 Å². The fourth-order valence-corrected chi connectivity index (χ4v) is 6.03. The third kappa shape index (κ3) is 7.04. The molecule has 0 aliphatic carbocycles. The lowest BCUT2D eigenvalue weighted by Crippen LogP contribution is -2.58. The van der Waals surface area contributed by atoms with Crippen LogP contribution in [0.15, 0.2) is 115 Å². The van der Waals surface area contributed by atoms with Gasteiger partial charge >= 0.3 is 0 Å². The normalized spacial score (nSPS) is 14.0. The second-order valence-electron chi connectivity index (χ2n) is 11.5. The van der Waals surface area contributed by atoms with Gasteiger partial charge in [0, 0.05) is 12.6 Å². The summed E-state index contributed by atoms with van der Waals surface area (Å²) in [5.41, 5.74) is 8.96. The maximum Gasteiger partial charge on any atom is 0.161 e. The summed E-state index contributed by atoms with van der Waals surface area (Å²) in [6.45, 7) is 7.86. The molecular weight excluding hydrogens is 520 g/mol. The number of methoxy groups -OCH3 is 1. The Morgan fingerprint density at radius 2 is 1.17 bits per heavy atom. The highest BCUT2D eigenvalue weighted by molar-refractivity contribution is 5.50. The Balaban J connectivity index is 1.90. The van der Waals surface area contributed by atoms with Crippen molar-refractivity contribution in [2.45, 2.75) is 44.9 Å². The fraction of sp³-hybridized carbons (Fsp3) is 0.351. The number of hydrogen-bond acceptors (Lipinski definition) is 5. The van der Waals surface area contributed by atoms with Gasteiger partial charge in [-0.25, -0.2) is 0 Å². The average molecular weight is 567 g/mol. The first-order chi connectivity index (χ1) is 20.4. The number of rotatable bonds is 15. The van der Waals surface area contributed by atoms with Crippen LogP contribution in [0.25, 0.3) is 0 Å². The van der Waals surface area contributed by atoms with E-state index in [1.54, 1.807) is 7.11 Å². The predicted molar refractivity (Wildman–Crippen MR) is 172 cm³/mol. The molecule has 222 valence electrons. The van der Waals surface area contributed by atoms with Crippen molar-refractivity contribution < 1.29 is 14.6 Å². The molecule has 5 heteroatoms. The maximum atomic E-state index is 11.7. The minimum Gasteiger partial charge on any atom is -0.493 e. The molecule has 0 aliphatic rings. The van der Waals surface area contributed by atoms with Crippen LogP contribution < -0.4 is 15.2 Å². The molecule has 4 aromatic carbocycles. The Morgan fingerprint density at radius 3 is 1.60 bits per heavy atom. The highest BCUT2D eigenvalue weighted by Crippen LogP contribution is 2.45. The van der Waals surface area contributed by atoms with Crippen LogP contribution in [0.5, 0.6) is 11.5 Å². The lowest BCUT2D eigenvalue weighted by atomic mass is 9.73. The van der Waals surface area contributed by atoms with Crippen molar-refractivity contribution in [3.05, 3.63) is 132 Å². The van der Waals surface area contributed by atoms with Gasteiger partial charge in [-0.3, -0.25) is 4.90 Å². The second-order valence-corrected chi connectivity index (χ2v) is 11.5. The number of nitrogens with zero attached hydrogens (tertiary/aromatic N) is 1. The van der Waals surface area contributed by atoms with E-state index < -0.39 is 11.6 Å². The molecule has 0 aliphatic heterocycles. The summed E-state index contributed by atoms with van der Waals surface area (Å²) in [7, 11) is 1.63. The summed E-state index contributed by atoms with van der Waals surface area (Å²) >= 11 is 0. The van der Waals surface area contributed by atoms with E-state index in [0.717, 1.165) is 23.1 Å². The Hall–Kier alpha value is -3.64. The minimum atomic E-state index is -0.778. The predicted octanol–water partition coefficient (Wildman–Crippen LogP) is 6.74. The van der Waals surface area contributed by atoms with Crippen LogP contribution >= 0.6 is 0 Å². The maximum absolute atomic E-state index is 11.7. The van der Waals surface area contributed by atoms with Crippen LogP contribution in [0, 0.1) is 11.8 Å². The van der Waals surface area contributed by atoms with E-state index in [4.69, 9.17) is 15.2 Å². The monoisotopic (exact) mass is 566 g/mol. The third-order valence-corrected chi connectivity index (χ3v) is 8.13. The van der Waals surface area contributed by atoms with Gasteiger partial charge in [0.1, 0.15) is 12.7 Å². The standard InChI is InChI=1S/C37H46N2O3/c1-28(2)34(24-29(3)25-38)39(26-33(40)27-42-36-23-15-14-22-35(36)41-4)37(30-16-8-5-9-17-30,31-18-10-6-11-19-31)32-20-12-7-13-21-32/h5-23,28-29,33-34,40H,24-27,38H2,1-4H3. The van der Waals surface area contributed by atoms with Crippen molar-refractivity contribution in [2.75, 3.05) is 26.8 Å². The molecule has 3 unspecified atom stereocenters. The van der Waals surface area contributed by atoms with E-state index in [-0.39, 0.29) is 18.6 Å². The lowest BCUT2D eigenvalue weighted by molar-refractivity contribution is -0.00461. The van der Waals surface area contributed by atoms with Gasteiger partial charge in [-0.05, 0) is 53.6 Å². The van der Waals surface area contributed by atoms with E-state index in [1.807, 2.05) is 24.3 Å². The molecule has 0 bridgehead atoms. The molecule has 0 aromatic heterocycles. The number of hydrogen-bond donors (Lipinski definition) is 2. The van der Waals surface area contributed by atoms with Crippen LogP contribution in [0.2, 0.25) is 0 Å². The molecule has 0 radical (unpaired) electrons. The molecule has 42 heavy (non-hydrogen) atoms.